The second-order valence-electron chi connectivity index (χ2n) is 18.1. The van der Waals surface area contributed by atoms with E-state index in [1.54, 1.807) is 0 Å². The molecule has 0 aromatic carbocycles. The van der Waals surface area contributed by atoms with Crippen molar-refractivity contribution in [3.05, 3.63) is 36.5 Å². The van der Waals surface area contributed by atoms with Gasteiger partial charge in [-0.25, -0.2) is 9.36 Å². The van der Waals surface area contributed by atoms with Gasteiger partial charge in [-0.05, 0) is 51.4 Å². The van der Waals surface area contributed by atoms with E-state index in [4.69, 9.17) is 13.8 Å². The van der Waals surface area contributed by atoms with Crippen molar-refractivity contribution in [2.75, 3.05) is 19.8 Å². The zero-order valence-corrected chi connectivity index (χ0v) is 42.4. The van der Waals surface area contributed by atoms with Crippen molar-refractivity contribution in [3.63, 3.8) is 0 Å². The first-order valence-electron chi connectivity index (χ1n) is 26.5. The smallest absolute Gasteiger partial charge is 0.472 e. The normalized spacial score (nSPS) is 13.8. The number of rotatable bonds is 50. The summed E-state index contributed by atoms with van der Waals surface area (Å²) in [5.41, 5.74) is 0. The van der Waals surface area contributed by atoms with Crippen LogP contribution in [0.1, 0.15) is 251 Å². The van der Waals surface area contributed by atoms with Crippen LogP contribution in [-0.2, 0) is 32.7 Å². The van der Waals surface area contributed by atoms with Crippen LogP contribution in [0.2, 0.25) is 0 Å². The monoisotopic (exact) mass is 940 g/mol. The number of hydrogen-bond donors (Lipinski definition) is 4. The molecule has 0 aromatic heterocycles. The van der Waals surface area contributed by atoms with Crippen LogP contribution in [0, 0.1) is 0 Å². The Kier molecular flexibility index (Phi) is 46.5. The van der Waals surface area contributed by atoms with Gasteiger partial charge in [0, 0.05) is 12.8 Å². The van der Waals surface area contributed by atoms with Gasteiger partial charge in [-0.15, -0.1) is 0 Å². The summed E-state index contributed by atoms with van der Waals surface area (Å²) in [4.78, 5) is 46.2. The van der Waals surface area contributed by atoms with Gasteiger partial charge >= 0.3 is 19.8 Å². The molecule has 0 saturated heterocycles. The molecule has 0 aromatic rings. The molecular weight excluding hydrogens is 842 g/mol. The van der Waals surface area contributed by atoms with Crippen LogP contribution in [0.15, 0.2) is 36.5 Å². The van der Waals surface area contributed by atoms with Crippen molar-refractivity contribution in [1.29, 1.82) is 0 Å². The van der Waals surface area contributed by atoms with Crippen molar-refractivity contribution in [3.8, 4) is 0 Å². The van der Waals surface area contributed by atoms with Gasteiger partial charge in [0.25, 0.3) is 0 Å². The second kappa shape index (κ2) is 48.2. The number of carboxylic acids is 1. The summed E-state index contributed by atoms with van der Waals surface area (Å²) in [6, 6.07) is -1.55. The SMILES string of the molecule is CCCCC/C=C\C/C=C\C/C=C\CCCCCCCCCCC(=O)OCC(O)COP(=O)(O)OCC(NC(=O)CCCCCCCCCCCCCCCCCCCCCC)C(=O)O. The highest BCUT2D eigenvalue weighted by atomic mass is 31.2. The summed E-state index contributed by atoms with van der Waals surface area (Å²) in [6.45, 7) is 2.60. The van der Waals surface area contributed by atoms with Crippen LogP contribution in [0.4, 0.5) is 0 Å². The quantitative estimate of drug-likeness (QED) is 0.0199. The average Bonchev–Trinajstić information content (AvgIpc) is 3.28. The van der Waals surface area contributed by atoms with E-state index in [9.17, 15) is 34.1 Å². The molecule has 0 aliphatic heterocycles. The standard InChI is InChI=1S/C53H98NO10P/c1-3-5-7-9-11-13-15-17-19-21-23-25-27-29-31-33-35-37-39-41-43-45-52(57)62-46-49(55)47-63-65(60,61)64-48-50(53(58)59)54-51(56)44-42-40-38-36-34-32-30-28-26-24-22-20-18-16-14-12-10-8-6-4-2/h11,13,17,19,23,25,49-50,55H,3-10,12,14-16,18,20-22,24,26-48H2,1-2H3,(H,54,56)(H,58,59)(H,60,61)/b13-11-,19-17-,25-23-. The Bertz CT molecular complexity index is 1240. The number of aliphatic hydroxyl groups excluding tert-OH is 1. The highest BCUT2D eigenvalue weighted by molar-refractivity contribution is 7.47. The maximum absolute atomic E-state index is 12.4. The minimum absolute atomic E-state index is 0.149. The molecule has 0 spiro atoms. The minimum Gasteiger partial charge on any atom is -0.480 e. The number of aliphatic carboxylic acids is 1. The Balaban J connectivity index is 3.81. The van der Waals surface area contributed by atoms with E-state index in [1.165, 1.54) is 154 Å². The van der Waals surface area contributed by atoms with Crippen molar-refractivity contribution >= 4 is 25.7 Å². The molecule has 0 aliphatic rings. The first-order chi connectivity index (χ1) is 31.6. The highest BCUT2D eigenvalue weighted by Gasteiger charge is 2.28. The Hall–Kier alpha value is -2.30. The number of phosphoric ester groups is 1. The third-order valence-corrected chi connectivity index (χ3v) is 12.6. The fourth-order valence-corrected chi connectivity index (χ4v) is 8.33. The molecule has 3 unspecified atom stereocenters. The van der Waals surface area contributed by atoms with E-state index in [0.717, 1.165) is 57.8 Å². The first kappa shape index (κ1) is 62.7. The Labute approximate surface area is 397 Å². The lowest BCUT2D eigenvalue weighted by atomic mass is 10.0. The van der Waals surface area contributed by atoms with Gasteiger partial charge in [0.1, 0.15) is 12.7 Å². The fourth-order valence-electron chi connectivity index (χ4n) is 7.56. The van der Waals surface area contributed by atoms with Crippen LogP contribution >= 0.6 is 7.82 Å². The number of amides is 1. The summed E-state index contributed by atoms with van der Waals surface area (Å²) in [5, 5.41) is 21.9. The number of phosphoric acid groups is 1. The van der Waals surface area contributed by atoms with Gasteiger partial charge in [0.2, 0.25) is 5.91 Å². The molecule has 4 N–H and O–H groups in total. The van der Waals surface area contributed by atoms with Crippen molar-refractivity contribution in [1.82, 2.24) is 5.32 Å². The number of allylic oxidation sites excluding steroid dienone is 6. The number of carbonyl (C=O) groups excluding carboxylic acids is 2. The largest absolute Gasteiger partial charge is 0.480 e. The third-order valence-electron chi connectivity index (χ3n) is 11.7. The topological polar surface area (TPSA) is 169 Å². The van der Waals surface area contributed by atoms with E-state index >= 15 is 0 Å². The number of ether oxygens (including phenoxy) is 1. The molecule has 0 heterocycles. The van der Waals surface area contributed by atoms with Crippen LogP contribution in [0.5, 0.6) is 0 Å². The van der Waals surface area contributed by atoms with Gasteiger partial charge in [-0.2, -0.15) is 0 Å². The summed E-state index contributed by atoms with van der Waals surface area (Å²) in [5.74, 6) is -2.37. The zero-order chi connectivity index (χ0) is 47.7. The third kappa shape index (κ3) is 48.0. The van der Waals surface area contributed by atoms with Crippen LogP contribution in [0.25, 0.3) is 0 Å². The summed E-state index contributed by atoms with van der Waals surface area (Å²) >= 11 is 0. The van der Waals surface area contributed by atoms with Gasteiger partial charge in [-0.1, -0.05) is 224 Å². The maximum Gasteiger partial charge on any atom is 0.472 e. The Morgan fingerprint density at radius 2 is 0.846 bits per heavy atom. The predicted octanol–water partition coefficient (Wildman–Crippen LogP) is 14.7. The number of esters is 1. The molecule has 12 heteroatoms. The van der Waals surface area contributed by atoms with E-state index in [1.807, 2.05) is 0 Å². The van der Waals surface area contributed by atoms with Crippen LogP contribution in [-0.4, -0.2) is 64.9 Å². The number of nitrogens with one attached hydrogen (secondary N) is 1. The van der Waals surface area contributed by atoms with Gasteiger partial charge in [0.15, 0.2) is 6.04 Å². The van der Waals surface area contributed by atoms with Gasteiger partial charge < -0.3 is 25.2 Å². The molecule has 1 amide bonds. The number of carboxylic acid groups (broad SMARTS) is 1. The molecule has 380 valence electrons. The van der Waals surface area contributed by atoms with Crippen molar-refractivity contribution < 1.29 is 47.8 Å². The predicted molar refractivity (Wildman–Crippen MR) is 268 cm³/mol. The van der Waals surface area contributed by atoms with Crippen LogP contribution < -0.4 is 5.32 Å². The molecule has 65 heavy (non-hydrogen) atoms. The summed E-state index contributed by atoms with van der Waals surface area (Å²) in [7, 11) is -4.76. The molecule has 0 saturated carbocycles. The average molecular weight is 940 g/mol. The lowest BCUT2D eigenvalue weighted by Crippen LogP contribution is -2.43. The molecule has 0 bridgehead atoms. The Morgan fingerprint density at radius 1 is 0.492 bits per heavy atom. The van der Waals surface area contributed by atoms with Gasteiger partial charge in [0.05, 0.1) is 13.2 Å². The van der Waals surface area contributed by atoms with E-state index in [2.05, 4.69) is 55.6 Å². The van der Waals surface area contributed by atoms with Crippen LogP contribution in [0.3, 0.4) is 0 Å². The maximum atomic E-state index is 12.4. The number of unbranched alkanes of at least 4 members (excludes halogenated alkanes) is 30. The van der Waals surface area contributed by atoms with Crippen molar-refractivity contribution in [2.45, 2.75) is 264 Å². The lowest BCUT2D eigenvalue weighted by molar-refractivity contribution is -0.147. The lowest BCUT2D eigenvalue weighted by Gasteiger charge is -2.18. The number of hydrogen-bond acceptors (Lipinski definition) is 8. The molecular formula is C53H98NO10P. The molecule has 0 radical (unpaired) electrons. The van der Waals surface area contributed by atoms with E-state index < -0.39 is 57.6 Å². The van der Waals surface area contributed by atoms with E-state index in [0.29, 0.717) is 12.8 Å². The second-order valence-corrected chi connectivity index (χ2v) is 19.5. The molecule has 3 atom stereocenters. The molecule has 0 fully saturated rings. The molecule has 0 rings (SSSR count). The highest BCUT2D eigenvalue weighted by Crippen LogP contribution is 2.43. The number of aliphatic hydroxyl groups is 1. The van der Waals surface area contributed by atoms with Gasteiger partial charge in [-0.3, -0.25) is 18.6 Å². The summed E-state index contributed by atoms with van der Waals surface area (Å²) in [6.07, 6.45) is 54.5. The first-order valence-corrected chi connectivity index (χ1v) is 28.0. The summed E-state index contributed by atoms with van der Waals surface area (Å²) < 4.78 is 27.0. The van der Waals surface area contributed by atoms with Crippen molar-refractivity contribution in [2.24, 2.45) is 0 Å². The van der Waals surface area contributed by atoms with E-state index in [-0.39, 0.29) is 12.8 Å². The fraction of sp³-hybridized carbons (Fsp3) is 0.830. The molecule has 0 aliphatic carbocycles. The minimum atomic E-state index is -4.76. The number of carbonyl (C=O) groups is 3. The molecule has 11 nitrogen and oxygen atoms in total. The Morgan fingerprint density at radius 3 is 1.29 bits per heavy atom. The zero-order valence-electron chi connectivity index (χ0n) is 41.5.